The van der Waals surface area contributed by atoms with Crippen molar-refractivity contribution in [2.24, 2.45) is 0 Å². The normalized spacial score (nSPS) is 10.6. The maximum absolute atomic E-state index is 5.00. The summed E-state index contributed by atoms with van der Waals surface area (Å²) in [6.45, 7) is 2.92. The van der Waals surface area contributed by atoms with Gasteiger partial charge in [0.15, 0.2) is 0 Å². The highest BCUT2D eigenvalue weighted by atomic mass is 79.9. The standard InChI is InChI=1S/C13H20BrNO/c1-16-10-4-2-3-9-15-11-12-5-7-13(14)8-6-12/h5-8,15H,2-4,9-11H2,1H3. The quantitative estimate of drug-likeness (QED) is 0.740. The third kappa shape index (κ3) is 6.26. The average Bonchev–Trinajstić information content (AvgIpc) is 2.30. The first-order valence-corrected chi connectivity index (χ1v) is 6.56. The molecule has 0 saturated heterocycles. The SMILES string of the molecule is COCCCCCNCc1ccc(Br)cc1. The Hall–Kier alpha value is -0.380. The van der Waals surface area contributed by atoms with Gasteiger partial charge in [0.05, 0.1) is 0 Å². The van der Waals surface area contributed by atoms with Crippen molar-refractivity contribution in [1.82, 2.24) is 5.32 Å². The van der Waals surface area contributed by atoms with E-state index in [1.807, 2.05) is 0 Å². The van der Waals surface area contributed by atoms with Crippen LogP contribution in [0.25, 0.3) is 0 Å². The van der Waals surface area contributed by atoms with E-state index in [0.717, 1.165) is 30.6 Å². The molecule has 0 amide bonds. The Labute approximate surface area is 107 Å². The van der Waals surface area contributed by atoms with E-state index in [-0.39, 0.29) is 0 Å². The molecule has 0 aliphatic heterocycles. The fourth-order valence-electron chi connectivity index (χ4n) is 1.51. The number of benzene rings is 1. The van der Waals surface area contributed by atoms with Gasteiger partial charge in [0.2, 0.25) is 0 Å². The molecule has 0 atom stereocenters. The molecule has 1 rings (SSSR count). The summed E-state index contributed by atoms with van der Waals surface area (Å²) in [6.07, 6.45) is 3.62. The molecule has 0 saturated carbocycles. The van der Waals surface area contributed by atoms with Crippen LogP contribution in [0, 0.1) is 0 Å². The molecule has 0 aliphatic rings. The van der Waals surface area contributed by atoms with Crippen LogP contribution in [0.3, 0.4) is 0 Å². The van der Waals surface area contributed by atoms with E-state index >= 15 is 0 Å². The van der Waals surface area contributed by atoms with Crippen LogP contribution in [0.4, 0.5) is 0 Å². The topological polar surface area (TPSA) is 21.3 Å². The van der Waals surface area contributed by atoms with Crippen molar-refractivity contribution in [3.63, 3.8) is 0 Å². The number of unbranched alkanes of at least 4 members (excludes halogenated alkanes) is 2. The van der Waals surface area contributed by atoms with E-state index < -0.39 is 0 Å². The van der Waals surface area contributed by atoms with Crippen LogP contribution in [-0.4, -0.2) is 20.3 Å². The summed E-state index contributed by atoms with van der Waals surface area (Å²) in [7, 11) is 1.76. The van der Waals surface area contributed by atoms with Gasteiger partial charge in [-0.3, -0.25) is 0 Å². The fourth-order valence-corrected chi connectivity index (χ4v) is 1.77. The lowest BCUT2D eigenvalue weighted by Gasteiger charge is -2.05. The molecular formula is C13H20BrNO. The molecule has 0 spiro atoms. The average molecular weight is 286 g/mol. The number of ether oxygens (including phenoxy) is 1. The van der Waals surface area contributed by atoms with Gasteiger partial charge in [0, 0.05) is 24.7 Å². The van der Waals surface area contributed by atoms with Crippen molar-refractivity contribution in [2.45, 2.75) is 25.8 Å². The highest BCUT2D eigenvalue weighted by Crippen LogP contribution is 2.10. The molecule has 16 heavy (non-hydrogen) atoms. The second-order valence-electron chi connectivity index (χ2n) is 3.86. The van der Waals surface area contributed by atoms with Crippen molar-refractivity contribution < 1.29 is 4.74 Å². The van der Waals surface area contributed by atoms with E-state index in [0.29, 0.717) is 0 Å². The maximum Gasteiger partial charge on any atom is 0.0462 e. The number of hydrogen-bond donors (Lipinski definition) is 1. The lowest BCUT2D eigenvalue weighted by atomic mass is 10.2. The predicted molar refractivity (Wildman–Crippen MR) is 71.6 cm³/mol. The molecule has 1 aromatic carbocycles. The second-order valence-corrected chi connectivity index (χ2v) is 4.77. The van der Waals surface area contributed by atoms with Gasteiger partial charge >= 0.3 is 0 Å². The van der Waals surface area contributed by atoms with Crippen molar-refractivity contribution in [3.8, 4) is 0 Å². The van der Waals surface area contributed by atoms with Crippen LogP contribution in [0.15, 0.2) is 28.7 Å². The lowest BCUT2D eigenvalue weighted by molar-refractivity contribution is 0.192. The summed E-state index contributed by atoms with van der Waals surface area (Å²) in [5.41, 5.74) is 1.33. The summed E-state index contributed by atoms with van der Waals surface area (Å²) in [6, 6.07) is 8.44. The maximum atomic E-state index is 5.00. The van der Waals surface area contributed by atoms with Crippen molar-refractivity contribution in [3.05, 3.63) is 34.3 Å². The van der Waals surface area contributed by atoms with Gasteiger partial charge in [-0.05, 0) is 43.5 Å². The molecule has 90 valence electrons. The number of methoxy groups -OCH3 is 1. The highest BCUT2D eigenvalue weighted by molar-refractivity contribution is 9.10. The smallest absolute Gasteiger partial charge is 0.0462 e. The Kier molecular flexibility index (Phi) is 7.47. The summed E-state index contributed by atoms with van der Waals surface area (Å²) in [5, 5.41) is 3.44. The second kappa shape index (κ2) is 8.74. The van der Waals surface area contributed by atoms with Gasteiger partial charge in [-0.2, -0.15) is 0 Å². The first kappa shape index (κ1) is 13.7. The third-order valence-electron chi connectivity index (χ3n) is 2.44. The number of halogens is 1. The molecule has 1 N–H and O–H groups in total. The van der Waals surface area contributed by atoms with Gasteiger partial charge in [-0.1, -0.05) is 28.1 Å². The van der Waals surface area contributed by atoms with Crippen LogP contribution in [0.5, 0.6) is 0 Å². The summed E-state index contributed by atoms with van der Waals surface area (Å²) in [5.74, 6) is 0. The van der Waals surface area contributed by atoms with Crippen molar-refractivity contribution in [1.29, 1.82) is 0 Å². The van der Waals surface area contributed by atoms with Gasteiger partial charge < -0.3 is 10.1 Å². The fraction of sp³-hybridized carbons (Fsp3) is 0.538. The summed E-state index contributed by atoms with van der Waals surface area (Å²) < 4.78 is 6.14. The number of hydrogen-bond acceptors (Lipinski definition) is 2. The molecule has 0 fully saturated rings. The Morgan fingerprint density at radius 1 is 1.12 bits per heavy atom. The largest absolute Gasteiger partial charge is 0.385 e. The minimum atomic E-state index is 0.882. The summed E-state index contributed by atoms with van der Waals surface area (Å²) >= 11 is 3.43. The number of nitrogens with one attached hydrogen (secondary N) is 1. The van der Waals surface area contributed by atoms with E-state index in [2.05, 4.69) is 45.5 Å². The zero-order valence-electron chi connectivity index (χ0n) is 9.84. The minimum Gasteiger partial charge on any atom is -0.385 e. The van der Waals surface area contributed by atoms with Crippen LogP contribution < -0.4 is 5.32 Å². The lowest BCUT2D eigenvalue weighted by Crippen LogP contribution is -2.14. The molecule has 0 heterocycles. The first-order chi connectivity index (χ1) is 7.83. The zero-order chi connectivity index (χ0) is 11.6. The van der Waals surface area contributed by atoms with Gasteiger partial charge in [-0.15, -0.1) is 0 Å². The van der Waals surface area contributed by atoms with Gasteiger partial charge in [0.25, 0.3) is 0 Å². The van der Waals surface area contributed by atoms with E-state index in [4.69, 9.17) is 4.74 Å². The monoisotopic (exact) mass is 285 g/mol. The van der Waals surface area contributed by atoms with E-state index in [1.165, 1.54) is 18.4 Å². The Bertz CT molecular complexity index is 274. The first-order valence-electron chi connectivity index (χ1n) is 5.77. The molecule has 0 bridgehead atoms. The Morgan fingerprint density at radius 2 is 1.88 bits per heavy atom. The molecule has 3 heteroatoms. The molecule has 0 radical (unpaired) electrons. The minimum absolute atomic E-state index is 0.882. The number of rotatable bonds is 8. The van der Waals surface area contributed by atoms with Crippen LogP contribution in [-0.2, 0) is 11.3 Å². The van der Waals surface area contributed by atoms with E-state index in [9.17, 15) is 0 Å². The summed E-state index contributed by atoms with van der Waals surface area (Å²) in [4.78, 5) is 0. The van der Waals surface area contributed by atoms with Crippen LogP contribution in [0.2, 0.25) is 0 Å². The molecular weight excluding hydrogens is 266 g/mol. The zero-order valence-corrected chi connectivity index (χ0v) is 11.4. The van der Waals surface area contributed by atoms with E-state index in [1.54, 1.807) is 7.11 Å². The van der Waals surface area contributed by atoms with Gasteiger partial charge in [0.1, 0.15) is 0 Å². The van der Waals surface area contributed by atoms with Crippen molar-refractivity contribution in [2.75, 3.05) is 20.3 Å². The Balaban J connectivity index is 2.01. The molecule has 0 unspecified atom stereocenters. The van der Waals surface area contributed by atoms with Crippen LogP contribution >= 0.6 is 15.9 Å². The van der Waals surface area contributed by atoms with Gasteiger partial charge in [-0.25, -0.2) is 0 Å². The molecule has 1 aromatic rings. The Morgan fingerprint density at radius 3 is 2.56 bits per heavy atom. The van der Waals surface area contributed by atoms with Crippen molar-refractivity contribution >= 4 is 15.9 Å². The molecule has 2 nitrogen and oxygen atoms in total. The molecule has 0 aliphatic carbocycles. The third-order valence-corrected chi connectivity index (χ3v) is 2.97. The molecule has 0 aromatic heterocycles. The highest BCUT2D eigenvalue weighted by Gasteiger charge is 1.93. The predicted octanol–water partition coefficient (Wildman–Crippen LogP) is 3.36. The van der Waals surface area contributed by atoms with Crippen LogP contribution in [0.1, 0.15) is 24.8 Å².